The number of amides is 1. The van der Waals surface area contributed by atoms with Crippen LogP contribution in [0.3, 0.4) is 0 Å². The van der Waals surface area contributed by atoms with E-state index in [1.807, 2.05) is 31.2 Å². The largest absolute Gasteiger partial charge is 0.480 e. The van der Waals surface area contributed by atoms with Gasteiger partial charge in [0, 0.05) is 0 Å². The molecule has 1 aromatic rings. The molecule has 0 spiro atoms. The molecule has 1 heterocycles. The number of fused-ring (bicyclic) bond motifs is 1. The summed E-state index contributed by atoms with van der Waals surface area (Å²) in [4.78, 5) is 23.3. The molecule has 0 radical (unpaired) electrons. The van der Waals surface area contributed by atoms with Crippen molar-refractivity contribution >= 4 is 11.9 Å². The van der Waals surface area contributed by atoms with Gasteiger partial charge in [0.15, 0.2) is 6.10 Å². The average molecular weight is 277 g/mol. The summed E-state index contributed by atoms with van der Waals surface area (Å²) < 4.78 is 5.52. The topological polar surface area (TPSA) is 75.6 Å². The lowest BCUT2D eigenvalue weighted by Gasteiger charge is -2.26. The van der Waals surface area contributed by atoms with Crippen LogP contribution in [0.15, 0.2) is 24.3 Å². The van der Waals surface area contributed by atoms with Crippen LogP contribution < -0.4 is 5.32 Å². The fourth-order valence-corrected chi connectivity index (χ4v) is 2.40. The summed E-state index contributed by atoms with van der Waals surface area (Å²) in [7, 11) is 0. The third-order valence-electron chi connectivity index (χ3n) is 3.42. The molecule has 1 unspecified atom stereocenters. The molecule has 108 valence electrons. The van der Waals surface area contributed by atoms with Crippen LogP contribution in [0, 0.1) is 0 Å². The van der Waals surface area contributed by atoms with Crippen LogP contribution in [-0.2, 0) is 20.7 Å². The molecular formula is C15H19NO4. The van der Waals surface area contributed by atoms with Crippen molar-refractivity contribution in [2.24, 2.45) is 0 Å². The van der Waals surface area contributed by atoms with E-state index < -0.39 is 18.1 Å². The minimum absolute atomic E-state index is 0.377. The summed E-state index contributed by atoms with van der Waals surface area (Å²) >= 11 is 0. The van der Waals surface area contributed by atoms with Crippen molar-refractivity contribution in [2.75, 3.05) is 6.61 Å². The second-order valence-electron chi connectivity index (χ2n) is 4.89. The monoisotopic (exact) mass is 277 g/mol. The van der Waals surface area contributed by atoms with Gasteiger partial charge in [-0.2, -0.15) is 0 Å². The van der Waals surface area contributed by atoms with Crippen LogP contribution in [-0.4, -0.2) is 29.6 Å². The predicted molar refractivity (Wildman–Crippen MR) is 73.3 cm³/mol. The average Bonchev–Trinajstić information content (AvgIpc) is 2.46. The van der Waals surface area contributed by atoms with Crippen LogP contribution in [0.25, 0.3) is 0 Å². The first-order valence-corrected chi connectivity index (χ1v) is 6.86. The molecule has 1 amide bonds. The first-order valence-electron chi connectivity index (χ1n) is 6.86. The number of carbonyl (C=O) groups is 2. The van der Waals surface area contributed by atoms with Crippen LogP contribution >= 0.6 is 0 Å². The fraction of sp³-hybridized carbons (Fsp3) is 0.467. The van der Waals surface area contributed by atoms with Crippen LogP contribution in [0.1, 0.15) is 37.0 Å². The van der Waals surface area contributed by atoms with Gasteiger partial charge in [-0.1, -0.05) is 37.6 Å². The highest BCUT2D eigenvalue weighted by molar-refractivity contribution is 5.87. The zero-order valence-electron chi connectivity index (χ0n) is 11.5. The Bertz CT molecular complexity index is 500. The van der Waals surface area contributed by atoms with Crippen LogP contribution in [0.2, 0.25) is 0 Å². The SMILES string of the molecule is CCC[C@H](NC(=O)C1OCCc2ccccc21)C(=O)O. The fourth-order valence-electron chi connectivity index (χ4n) is 2.40. The van der Waals surface area contributed by atoms with Gasteiger partial charge in [0.25, 0.3) is 5.91 Å². The van der Waals surface area contributed by atoms with Gasteiger partial charge in [0.05, 0.1) is 6.61 Å². The van der Waals surface area contributed by atoms with Gasteiger partial charge in [-0.15, -0.1) is 0 Å². The number of nitrogens with one attached hydrogen (secondary N) is 1. The molecule has 2 N–H and O–H groups in total. The van der Waals surface area contributed by atoms with Gasteiger partial charge >= 0.3 is 5.97 Å². The Balaban J connectivity index is 2.12. The van der Waals surface area contributed by atoms with Crippen molar-refractivity contribution in [2.45, 2.75) is 38.3 Å². The van der Waals surface area contributed by atoms with Gasteiger partial charge in [-0.05, 0) is 24.0 Å². The van der Waals surface area contributed by atoms with E-state index in [9.17, 15) is 9.59 Å². The van der Waals surface area contributed by atoms with E-state index in [2.05, 4.69) is 5.32 Å². The van der Waals surface area contributed by atoms with Crippen molar-refractivity contribution < 1.29 is 19.4 Å². The van der Waals surface area contributed by atoms with E-state index >= 15 is 0 Å². The number of carbonyl (C=O) groups excluding carboxylic acids is 1. The molecule has 5 heteroatoms. The number of ether oxygens (including phenoxy) is 1. The Morgan fingerprint density at radius 1 is 1.45 bits per heavy atom. The standard InChI is InChI=1S/C15H19NO4/c1-2-5-12(15(18)19)16-14(17)13-11-7-4-3-6-10(11)8-9-20-13/h3-4,6-7,12-13H,2,5,8-9H2,1H3,(H,16,17)(H,18,19)/t12-,13?/m0/s1. The van der Waals surface area contributed by atoms with Gasteiger partial charge < -0.3 is 15.2 Å². The van der Waals surface area contributed by atoms with E-state index in [0.717, 1.165) is 17.5 Å². The maximum absolute atomic E-state index is 12.3. The molecular weight excluding hydrogens is 258 g/mol. The molecule has 0 aliphatic carbocycles. The second-order valence-corrected chi connectivity index (χ2v) is 4.89. The molecule has 0 saturated heterocycles. The number of carboxylic acids is 1. The van der Waals surface area contributed by atoms with E-state index in [1.165, 1.54) is 0 Å². The number of hydrogen-bond acceptors (Lipinski definition) is 3. The van der Waals surface area contributed by atoms with E-state index in [0.29, 0.717) is 19.4 Å². The molecule has 0 fully saturated rings. The quantitative estimate of drug-likeness (QED) is 0.858. The maximum Gasteiger partial charge on any atom is 0.326 e. The van der Waals surface area contributed by atoms with E-state index in [-0.39, 0.29) is 5.91 Å². The van der Waals surface area contributed by atoms with Gasteiger partial charge in [0.2, 0.25) is 0 Å². The third kappa shape index (κ3) is 3.17. The van der Waals surface area contributed by atoms with Crippen molar-refractivity contribution in [3.8, 4) is 0 Å². The molecule has 5 nitrogen and oxygen atoms in total. The highest BCUT2D eigenvalue weighted by atomic mass is 16.5. The minimum Gasteiger partial charge on any atom is -0.480 e. The number of carboxylic acid groups (broad SMARTS) is 1. The molecule has 1 aromatic carbocycles. The maximum atomic E-state index is 12.3. The number of aliphatic carboxylic acids is 1. The molecule has 1 aliphatic rings. The minimum atomic E-state index is -1.01. The van der Waals surface area contributed by atoms with E-state index in [1.54, 1.807) is 0 Å². The molecule has 2 rings (SSSR count). The molecule has 20 heavy (non-hydrogen) atoms. The van der Waals surface area contributed by atoms with Crippen molar-refractivity contribution in [1.82, 2.24) is 5.32 Å². The summed E-state index contributed by atoms with van der Waals surface area (Å²) in [6.45, 7) is 2.36. The van der Waals surface area contributed by atoms with Crippen molar-refractivity contribution in [1.29, 1.82) is 0 Å². The summed E-state index contributed by atoms with van der Waals surface area (Å²) in [5, 5.41) is 11.7. The molecule has 2 atom stereocenters. The van der Waals surface area contributed by atoms with Gasteiger partial charge in [-0.25, -0.2) is 4.79 Å². The van der Waals surface area contributed by atoms with Crippen LogP contribution in [0.4, 0.5) is 0 Å². The zero-order chi connectivity index (χ0) is 14.5. The van der Waals surface area contributed by atoms with Crippen molar-refractivity contribution in [3.05, 3.63) is 35.4 Å². The van der Waals surface area contributed by atoms with Crippen LogP contribution in [0.5, 0.6) is 0 Å². The Kier molecular flexibility index (Phi) is 4.74. The lowest BCUT2D eigenvalue weighted by Crippen LogP contribution is -2.44. The number of benzene rings is 1. The summed E-state index contributed by atoms with van der Waals surface area (Å²) in [5.41, 5.74) is 1.91. The first-order chi connectivity index (χ1) is 9.63. The Morgan fingerprint density at radius 3 is 2.90 bits per heavy atom. The normalized spacial score (nSPS) is 18.9. The van der Waals surface area contributed by atoms with Gasteiger partial charge in [-0.3, -0.25) is 4.79 Å². The Morgan fingerprint density at radius 2 is 2.20 bits per heavy atom. The lowest BCUT2D eigenvalue weighted by atomic mass is 9.97. The first kappa shape index (κ1) is 14.5. The zero-order valence-corrected chi connectivity index (χ0v) is 11.5. The molecule has 0 aromatic heterocycles. The molecule has 1 aliphatic heterocycles. The number of hydrogen-bond donors (Lipinski definition) is 2. The summed E-state index contributed by atoms with van der Waals surface area (Å²) in [6, 6.07) is 6.75. The van der Waals surface area contributed by atoms with E-state index in [4.69, 9.17) is 9.84 Å². The number of rotatable bonds is 5. The highest BCUT2D eigenvalue weighted by Gasteiger charge is 2.30. The summed E-state index contributed by atoms with van der Waals surface area (Å²) in [6.07, 6.45) is 1.17. The lowest BCUT2D eigenvalue weighted by molar-refractivity contribution is -0.145. The Hall–Kier alpha value is -1.88. The van der Waals surface area contributed by atoms with Crippen molar-refractivity contribution in [3.63, 3.8) is 0 Å². The third-order valence-corrected chi connectivity index (χ3v) is 3.42. The smallest absolute Gasteiger partial charge is 0.326 e. The van der Waals surface area contributed by atoms with Gasteiger partial charge in [0.1, 0.15) is 6.04 Å². The predicted octanol–water partition coefficient (Wildman–Crippen LogP) is 1.67. The molecule has 0 saturated carbocycles. The Labute approximate surface area is 117 Å². The summed E-state index contributed by atoms with van der Waals surface area (Å²) in [5.74, 6) is -1.39. The highest BCUT2D eigenvalue weighted by Crippen LogP contribution is 2.27. The molecule has 0 bridgehead atoms. The second kappa shape index (κ2) is 6.52.